The normalized spacial score (nSPS) is 22.5. The van der Waals surface area contributed by atoms with Crippen molar-refractivity contribution in [1.29, 1.82) is 0 Å². The van der Waals surface area contributed by atoms with Gasteiger partial charge in [0.1, 0.15) is 0 Å². The molecule has 0 aliphatic carbocycles. The zero-order chi connectivity index (χ0) is 11.1. The van der Waals surface area contributed by atoms with Crippen LogP contribution in [0, 0.1) is 10.1 Å². The van der Waals surface area contributed by atoms with E-state index in [-0.39, 0.29) is 23.0 Å². The second-order valence-electron chi connectivity index (χ2n) is 4.58. The molecule has 0 radical (unpaired) electrons. The van der Waals surface area contributed by atoms with Gasteiger partial charge in [0.25, 0.3) is 5.69 Å². The second-order valence-corrected chi connectivity index (χ2v) is 4.58. The zero-order valence-corrected chi connectivity index (χ0v) is 10.3. The molecule has 0 bridgehead atoms. The first-order valence-corrected chi connectivity index (χ1v) is 5.77. The van der Waals surface area contributed by atoms with Crippen molar-refractivity contribution in [2.45, 2.75) is 25.3 Å². The average molecular weight is 255 g/mol. The van der Waals surface area contributed by atoms with Crippen molar-refractivity contribution < 1.29 is 4.92 Å². The van der Waals surface area contributed by atoms with Crippen molar-refractivity contribution in [1.82, 2.24) is 4.90 Å². The summed E-state index contributed by atoms with van der Waals surface area (Å²) >= 11 is 0. The van der Waals surface area contributed by atoms with Crippen molar-refractivity contribution in [2.75, 3.05) is 13.1 Å². The van der Waals surface area contributed by atoms with Gasteiger partial charge in [-0.2, -0.15) is 0 Å². The molecule has 0 spiro atoms. The highest BCUT2D eigenvalue weighted by Crippen LogP contribution is 2.38. The highest BCUT2D eigenvalue weighted by Gasteiger charge is 2.31. The van der Waals surface area contributed by atoms with Gasteiger partial charge >= 0.3 is 0 Å². The lowest BCUT2D eigenvalue weighted by Gasteiger charge is -2.31. The van der Waals surface area contributed by atoms with Crippen LogP contribution in [-0.2, 0) is 6.42 Å². The maximum atomic E-state index is 10.8. The number of fused-ring (bicyclic) bond motifs is 3. The van der Waals surface area contributed by atoms with Crippen LogP contribution in [-0.4, -0.2) is 22.9 Å². The second kappa shape index (κ2) is 4.63. The Morgan fingerprint density at radius 2 is 2.18 bits per heavy atom. The molecule has 1 atom stereocenters. The van der Waals surface area contributed by atoms with Gasteiger partial charge in [0.15, 0.2) is 0 Å². The van der Waals surface area contributed by atoms with E-state index in [1.54, 1.807) is 12.1 Å². The average Bonchev–Trinajstić information content (AvgIpc) is 2.76. The van der Waals surface area contributed by atoms with Crippen molar-refractivity contribution in [3.8, 4) is 0 Å². The van der Waals surface area contributed by atoms with Gasteiger partial charge in [-0.1, -0.05) is 6.07 Å². The van der Waals surface area contributed by atoms with E-state index in [4.69, 9.17) is 0 Å². The predicted molar refractivity (Wildman–Crippen MR) is 67.6 cm³/mol. The molecule has 3 rings (SSSR count). The van der Waals surface area contributed by atoms with Crippen LogP contribution in [0.15, 0.2) is 18.2 Å². The summed E-state index contributed by atoms with van der Waals surface area (Å²) in [4.78, 5) is 12.9. The van der Waals surface area contributed by atoms with E-state index in [2.05, 4.69) is 4.90 Å². The van der Waals surface area contributed by atoms with Gasteiger partial charge in [-0.15, -0.1) is 12.4 Å². The summed E-state index contributed by atoms with van der Waals surface area (Å²) < 4.78 is 0. The van der Waals surface area contributed by atoms with Crippen LogP contribution < -0.4 is 0 Å². The summed E-state index contributed by atoms with van der Waals surface area (Å²) in [5.74, 6) is 0. The third-order valence-corrected chi connectivity index (χ3v) is 3.73. The van der Waals surface area contributed by atoms with Gasteiger partial charge in [-0.3, -0.25) is 15.0 Å². The van der Waals surface area contributed by atoms with E-state index in [9.17, 15) is 10.1 Å². The number of non-ortho nitro benzene ring substituents is 1. The summed E-state index contributed by atoms with van der Waals surface area (Å²) in [6.07, 6.45) is 3.39. The molecule has 0 N–H and O–H groups in total. The number of hydrogen-bond donors (Lipinski definition) is 0. The van der Waals surface area contributed by atoms with Crippen molar-refractivity contribution >= 4 is 18.1 Å². The van der Waals surface area contributed by atoms with Crippen molar-refractivity contribution in [2.24, 2.45) is 0 Å². The Kier molecular flexibility index (Phi) is 3.35. The number of nitro groups is 1. The Morgan fingerprint density at radius 3 is 2.94 bits per heavy atom. The fourth-order valence-electron chi connectivity index (χ4n) is 2.94. The maximum absolute atomic E-state index is 10.8. The fourth-order valence-corrected chi connectivity index (χ4v) is 2.94. The van der Waals surface area contributed by atoms with Gasteiger partial charge in [-0.05, 0) is 36.9 Å². The number of rotatable bonds is 1. The molecule has 0 saturated carbocycles. The Morgan fingerprint density at radius 1 is 1.35 bits per heavy atom. The summed E-state index contributed by atoms with van der Waals surface area (Å²) in [5.41, 5.74) is 2.72. The van der Waals surface area contributed by atoms with E-state index in [1.165, 1.54) is 17.5 Å². The minimum absolute atomic E-state index is 0. The Balaban J connectivity index is 0.00000108. The monoisotopic (exact) mass is 254 g/mol. The minimum atomic E-state index is -0.297. The topological polar surface area (TPSA) is 46.4 Å². The molecule has 1 unspecified atom stereocenters. The van der Waals surface area contributed by atoms with E-state index in [1.807, 2.05) is 6.07 Å². The van der Waals surface area contributed by atoms with Crippen LogP contribution in [0.2, 0.25) is 0 Å². The lowest BCUT2D eigenvalue weighted by atomic mass is 9.92. The van der Waals surface area contributed by atoms with Crippen LogP contribution >= 0.6 is 12.4 Å². The lowest BCUT2D eigenvalue weighted by molar-refractivity contribution is -0.385. The molecule has 5 heteroatoms. The van der Waals surface area contributed by atoms with Crippen molar-refractivity contribution in [3.05, 3.63) is 39.4 Å². The maximum Gasteiger partial charge on any atom is 0.269 e. The molecule has 2 aliphatic rings. The first-order valence-electron chi connectivity index (χ1n) is 5.77. The summed E-state index contributed by atoms with van der Waals surface area (Å²) in [6, 6.07) is 5.77. The quantitative estimate of drug-likeness (QED) is 0.572. The smallest absolute Gasteiger partial charge is 0.269 e. The standard InChI is InChI=1S/C12H14N2O2.ClH/c15-14(16)10-4-3-9-5-7-13-6-1-2-12(13)11(9)8-10;/h3-4,8,12H,1-2,5-7H2;1H. The molecule has 1 saturated heterocycles. The molecule has 0 aromatic heterocycles. The van der Waals surface area contributed by atoms with E-state index in [0.29, 0.717) is 6.04 Å². The predicted octanol–water partition coefficient (Wildman–Crippen LogP) is 2.71. The SMILES string of the molecule is Cl.O=[N+]([O-])c1ccc2c(c1)C1CCCN1CC2. The third kappa shape index (κ3) is 2.03. The Labute approximate surface area is 106 Å². The number of nitro benzene ring substituents is 1. The van der Waals surface area contributed by atoms with E-state index < -0.39 is 0 Å². The minimum Gasteiger partial charge on any atom is -0.296 e. The molecule has 4 nitrogen and oxygen atoms in total. The van der Waals surface area contributed by atoms with Gasteiger partial charge in [0, 0.05) is 24.7 Å². The number of nitrogens with zero attached hydrogens (tertiary/aromatic N) is 2. The molecule has 17 heavy (non-hydrogen) atoms. The van der Waals surface area contributed by atoms with Gasteiger partial charge in [0.05, 0.1) is 4.92 Å². The van der Waals surface area contributed by atoms with Crippen LogP contribution in [0.3, 0.4) is 0 Å². The molecule has 2 heterocycles. The molecule has 0 amide bonds. The molecule has 1 aromatic carbocycles. The summed E-state index contributed by atoms with van der Waals surface area (Å²) in [7, 11) is 0. The summed E-state index contributed by atoms with van der Waals surface area (Å²) in [5, 5.41) is 10.8. The zero-order valence-electron chi connectivity index (χ0n) is 9.46. The number of halogens is 1. The highest BCUT2D eigenvalue weighted by molar-refractivity contribution is 5.85. The first-order chi connectivity index (χ1) is 7.75. The van der Waals surface area contributed by atoms with Crippen LogP contribution in [0.4, 0.5) is 5.69 Å². The molecule has 1 fully saturated rings. The Hall–Kier alpha value is -1.13. The Bertz CT molecular complexity index is 450. The van der Waals surface area contributed by atoms with Crippen LogP contribution in [0.5, 0.6) is 0 Å². The fraction of sp³-hybridized carbons (Fsp3) is 0.500. The van der Waals surface area contributed by atoms with Gasteiger partial charge < -0.3 is 0 Å². The third-order valence-electron chi connectivity index (χ3n) is 3.73. The molecule has 92 valence electrons. The lowest BCUT2D eigenvalue weighted by Crippen LogP contribution is -2.30. The molecule has 1 aromatic rings. The number of hydrogen-bond acceptors (Lipinski definition) is 3. The summed E-state index contributed by atoms with van der Waals surface area (Å²) in [6.45, 7) is 2.25. The molecular formula is C12H15ClN2O2. The highest BCUT2D eigenvalue weighted by atomic mass is 35.5. The van der Waals surface area contributed by atoms with Crippen LogP contribution in [0.25, 0.3) is 0 Å². The molecular weight excluding hydrogens is 240 g/mol. The van der Waals surface area contributed by atoms with Gasteiger partial charge in [0.2, 0.25) is 0 Å². The first kappa shape index (κ1) is 12.3. The molecule has 2 aliphatic heterocycles. The van der Waals surface area contributed by atoms with Gasteiger partial charge in [-0.25, -0.2) is 0 Å². The van der Waals surface area contributed by atoms with Crippen LogP contribution in [0.1, 0.15) is 30.0 Å². The number of benzene rings is 1. The van der Waals surface area contributed by atoms with Crippen molar-refractivity contribution in [3.63, 3.8) is 0 Å². The largest absolute Gasteiger partial charge is 0.296 e. The van der Waals surface area contributed by atoms with E-state index in [0.717, 1.165) is 25.9 Å². The van der Waals surface area contributed by atoms with E-state index >= 15 is 0 Å².